The number of benzene rings is 2. The topological polar surface area (TPSA) is 76.7 Å². The van der Waals surface area contributed by atoms with Gasteiger partial charge >= 0.3 is 0 Å². The average molecular weight is 453 g/mol. The van der Waals surface area contributed by atoms with Crippen molar-refractivity contribution >= 4 is 11.8 Å². The monoisotopic (exact) mass is 452 g/mol. The summed E-state index contributed by atoms with van der Waals surface area (Å²) in [6, 6.07) is 15.8. The number of hydrogen-bond acceptors (Lipinski definition) is 4. The van der Waals surface area contributed by atoms with Crippen LogP contribution in [-0.2, 0) is 20.7 Å². The molecule has 33 heavy (non-hydrogen) atoms. The summed E-state index contributed by atoms with van der Waals surface area (Å²) in [5, 5.41) is 6.09. The van der Waals surface area contributed by atoms with Crippen LogP contribution in [0.1, 0.15) is 49.5 Å². The van der Waals surface area contributed by atoms with Gasteiger partial charge in [-0.3, -0.25) is 9.59 Å². The molecule has 2 aromatic rings. The minimum atomic E-state index is -0.539. The molecule has 1 saturated heterocycles. The number of nitrogens with one attached hydrogen (secondary N) is 2. The molecule has 6 heteroatoms. The predicted molar refractivity (Wildman–Crippen MR) is 130 cm³/mol. The Morgan fingerprint density at radius 1 is 1.03 bits per heavy atom. The lowest BCUT2D eigenvalue weighted by Gasteiger charge is -2.37. The Morgan fingerprint density at radius 3 is 2.45 bits per heavy atom. The van der Waals surface area contributed by atoms with Gasteiger partial charge in [-0.25, -0.2) is 0 Å². The molecule has 1 heterocycles. The summed E-state index contributed by atoms with van der Waals surface area (Å²) in [6.45, 7) is 7.46. The molecule has 178 valence electrons. The standard InChI is InChI=1S/C27H36N2O4/c1-19(2)28-25(30)22-10-7-9-21(16-22)24-11-6-5-8-23(24)17-27(12-14-33-15-13-27)26(31)29-20(3)18-32-4/h5-11,16,19-20H,12-15,17-18H2,1-4H3,(H,28,30)(H,29,31). The number of methoxy groups -OCH3 is 1. The molecule has 1 unspecified atom stereocenters. The second-order valence-electron chi connectivity index (χ2n) is 9.27. The van der Waals surface area contributed by atoms with Crippen LogP contribution in [0.2, 0.25) is 0 Å². The fraction of sp³-hybridized carbons (Fsp3) is 0.481. The van der Waals surface area contributed by atoms with Crippen LogP contribution in [0.4, 0.5) is 0 Å². The van der Waals surface area contributed by atoms with Gasteiger partial charge in [0.2, 0.25) is 5.91 Å². The molecule has 0 spiro atoms. The highest BCUT2D eigenvalue weighted by Crippen LogP contribution is 2.38. The third-order valence-electron chi connectivity index (χ3n) is 6.13. The summed E-state index contributed by atoms with van der Waals surface area (Å²) in [5.74, 6) is -0.0352. The number of carbonyl (C=O) groups is 2. The van der Waals surface area contributed by atoms with Crippen molar-refractivity contribution < 1.29 is 19.1 Å². The molecule has 2 aromatic carbocycles. The molecule has 6 nitrogen and oxygen atoms in total. The average Bonchev–Trinajstić information content (AvgIpc) is 2.80. The highest BCUT2D eigenvalue weighted by atomic mass is 16.5. The van der Waals surface area contributed by atoms with E-state index in [4.69, 9.17) is 9.47 Å². The Bertz CT molecular complexity index is 951. The maximum Gasteiger partial charge on any atom is 0.251 e. The molecule has 0 bridgehead atoms. The van der Waals surface area contributed by atoms with Crippen molar-refractivity contribution in [3.05, 3.63) is 59.7 Å². The van der Waals surface area contributed by atoms with Gasteiger partial charge in [0.25, 0.3) is 5.91 Å². The quantitative estimate of drug-likeness (QED) is 0.603. The van der Waals surface area contributed by atoms with Gasteiger partial charge in [0, 0.05) is 38.0 Å². The van der Waals surface area contributed by atoms with Crippen LogP contribution in [0.25, 0.3) is 11.1 Å². The van der Waals surface area contributed by atoms with E-state index in [1.165, 1.54) is 0 Å². The summed E-state index contributed by atoms with van der Waals surface area (Å²) < 4.78 is 10.8. The predicted octanol–water partition coefficient (Wildman–Crippen LogP) is 3.98. The van der Waals surface area contributed by atoms with E-state index in [1.54, 1.807) is 7.11 Å². The number of rotatable bonds is 9. The Labute approximate surface area is 197 Å². The highest BCUT2D eigenvalue weighted by molar-refractivity contribution is 5.95. The zero-order valence-corrected chi connectivity index (χ0v) is 20.1. The number of amides is 2. The third kappa shape index (κ3) is 6.42. The smallest absolute Gasteiger partial charge is 0.251 e. The molecule has 2 amide bonds. The lowest BCUT2D eigenvalue weighted by Crippen LogP contribution is -2.49. The Hall–Kier alpha value is -2.70. The second kappa shape index (κ2) is 11.4. The van der Waals surface area contributed by atoms with Crippen LogP contribution in [-0.4, -0.2) is 50.8 Å². The van der Waals surface area contributed by atoms with Crippen LogP contribution < -0.4 is 10.6 Å². The number of hydrogen-bond donors (Lipinski definition) is 2. The van der Waals surface area contributed by atoms with Crippen molar-refractivity contribution in [1.82, 2.24) is 10.6 Å². The van der Waals surface area contributed by atoms with E-state index in [0.717, 1.165) is 16.7 Å². The summed E-state index contributed by atoms with van der Waals surface area (Å²) in [5.41, 5.74) is 3.19. The van der Waals surface area contributed by atoms with Gasteiger partial charge in [-0.1, -0.05) is 36.4 Å². The molecule has 3 rings (SSSR count). The first-order valence-electron chi connectivity index (χ1n) is 11.7. The van der Waals surface area contributed by atoms with E-state index in [0.29, 0.717) is 44.6 Å². The zero-order valence-electron chi connectivity index (χ0n) is 20.1. The van der Waals surface area contributed by atoms with Gasteiger partial charge in [0.05, 0.1) is 12.0 Å². The lowest BCUT2D eigenvalue weighted by molar-refractivity contribution is -0.137. The zero-order chi connectivity index (χ0) is 23.8. The summed E-state index contributed by atoms with van der Waals surface area (Å²) in [7, 11) is 1.64. The van der Waals surface area contributed by atoms with Crippen LogP contribution in [0.5, 0.6) is 0 Å². The summed E-state index contributed by atoms with van der Waals surface area (Å²) >= 11 is 0. The van der Waals surface area contributed by atoms with Crippen molar-refractivity contribution in [2.75, 3.05) is 26.9 Å². The maximum absolute atomic E-state index is 13.4. The summed E-state index contributed by atoms with van der Waals surface area (Å²) in [6.07, 6.45) is 1.95. The highest BCUT2D eigenvalue weighted by Gasteiger charge is 2.41. The van der Waals surface area contributed by atoms with Crippen molar-refractivity contribution in [1.29, 1.82) is 0 Å². The van der Waals surface area contributed by atoms with Crippen LogP contribution >= 0.6 is 0 Å². The molecule has 1 atom stereocenters. The van der Waals surface area contributed by atoms with Gasteiger partial charge in [-0.2, -0.15) is 0 Å². The Kier molecular flexibility index (Phi) is 8.64. The van der Waals surface area contributed by atoms with E-state index in [-0.39, 0.29) is 23.9 Å². The largest absolute Gasteiger partial charge is 0.383 e. The van der Waals surface area contributed by atoms with Gasteiger partial charge in [0.15, 0.2) is 0 Å². The minimum Gasteiger partial charge on any atom is -0.383 e. The van der Waals surface area contributed by atoms with Crippen LogP contribution in [0, 0.1) is 5.41 Å². The van der Waals surface area contributed by atoms with Crippen molar-refractivity contribution in [3.63, 3.8) is 0 Å². The Balaban J connectivity index is 1.91. The first kappa shape index (κ1) is 24.9. The van der Waals surface area contributed by atoms with E-state index in [9.17, 15) is 9.59 Å². The molecule has 2 N–H and O–H groups in total. The molecule has 1 aliphatic heterocycles. The molecule has 0 saturated carbocycles. The first-order valence-corrected chi connectivity index (χ1v) is 11.7. The van der Waals surface area contributed by atoms with Crippen LogP contribution in [0.15, 0.2) is 48.5 Å². The second-order valence-corrected chi connectivity index (χ2v) is 9.27. The SMILES string of the molecule is COCC(C)NC(=O)C1(Cc2ccccc2-c2cccc(C(=O)NC(C)C)c2)CCOCC1. The Morgan fingerprint density at radius 2 is 1.76 bits per heavy atom. The molecule has 0 aliphatic carbocycles. The summed E-state index contributed by atoms with van der Waals surface area (Å²) in [4.78, 5) is 26.0. The van der Waals surface area contributed by atoms with Gasteiger partial charge in [-0.15, -0.1) is 0 Å². The fourth-order valence-electron chi connectivity index (χ4n) is 4.41. The molecule has 0 aromatic heterocycles. The molecule has 1 fully saturated rings. The fourth-order valence-corrected chi connectivity index (χ4v) is 4.41. The number of carbonyl (C=O) groups excluding carboxylic acids is 2. The van der Waals surface area contributed by atoms with E-state index in [1.807, 2.05) is 57.2 Å². The van der Waals surface area contributed by atoms with Crippen LogP contribution in [0.3, 0.4) is 0 Å². The van der Waals surface area contributed by atoms with Gasteiger partial charge < -0.3 is 20.1 Å². The van der Waals surface area contributed by atoms with Gasteiger partial charge in [0.1, 0.15) is 0 Å². The van der Waals surface area contributed by atoms with E-state index in [2.05, 4.69) is 22.8 Å². The third-order valence-corrected chi connectivity index (χ3v) is 6.13. The van der Waals surface area contributed by atoms with Crippen molar-refractivity contribution in [2.24, 2.45) is 5.41 Å². The maximum atomic E-state index is 13.4. The molecule has 0 radical (unpaired) electrons. The first-order chi connectivity index (χ1) is 15.8. The van der Waals surface area contributed by atoms with Crippen molar-refractivity contribution in [3.8, 4) is 11.1 Å². The van der Waals surface area contributed by atoms with Crippen molar-refractivity contribution in [2.45, 2.75) is 52.1 Å². The minimum absolute atomic E-state index is 0.0511. The van der Waals surface area contributed by atoms with E-state index < -0.39 is 5.41 Å². The molecular weight excluding hydrogens is 416 g/mol. The lowest BCUT2D eigenvalue weighted by atomic mass is 9.73. The van der Waals surface area contributed by atoms with Gasteiger partial charge in [-0.05, 0) is 68.9 Å². The molecular formula is C27H36N2O4. The molecule has 1 aliphatic rings. The normalized spacial score (nSPS) is 16.3. The number of ether oxygens (including phenoxy) is 2. The van der Waals surface area contributed by atoms with E-state index >= 15 is 0 Å².